The van der Waals surface area contributed by atoms with Gasteiger partial charge in [0.2, 0.25) is 5.91 Å². The summed E-state index contributed by atoms with van der Waals surface area (Å²) < 4.78 is 6.24. The van der Waals surface area contributed by atoms with Crippen LogP contribution in [-0.2, 0) is 16.0 Å². The maximum absolute atomic E-state index is 13.4. The van der Waals surface area contributed by atoms with Crippen molar-refractivity contribution in [2.45, 2.75) is 13.3 Å². The lowest BCUT2D eigenvalue weighted by atomic mass is 10.1. The first kappa shape index (κ1) is 23.0. The summed E-state index contributed by atoms with van der Waals surface area (Å²) >= 11 is 13.0. The lowest BCUT2D eigenvalue weighted by molar-refractivity contribution is -0.115. The molecule has 33 heavy (non-hydrogen) atoms. The Balaban J connectivity index is 1.78. The van der Waals surface area contributed by atoms with Crippen molar-refractivity contribution >= 4 is 62.2 Å². The van der Waals surface area contributed by atoms with Crippen LogP contribution in [0.2, 0.25) is 10.0 Å². The number of esters is 1. The molecular weight excluding hydrogens is 485 g/mol. The second-order valence-corrected chi connectivity index (χ2v) is 8.72. The van der Waals surface area contributed by atoms with Gasteiger partial charge in [-0.25, -0.2) is 4.79 Å². The molecule has 0 saturated heterocycles. The van der Waals surface area contributed by atoms with Gasteiger partial charge in [0.1, 0.15) is 5.00 Å². The molecule has 0 spiro atoms. The fourth-order valence-corrected chi connectivity index (χ4v) is 4.41. The molecule has 1 amide bonds. The summed E-state index contributed by atoms with van der Waals surface area (Å²) in [7, 11) is 0. The van der Waals surface area contributed by atoms with Crippen molar-refractivity contribution in [1.29, 1.82) is 0 Å². The standard InChI is InChI=1S/C23H17Cl2N3O4S/c1-2-32-23(31)20-17-12-33-21(26-18(29)11-13-3-5-14(24)6-4-13)19(17)22(30)28(27-20)16-9-7-15(25)8-10-16/h3-10,12H,2,11H2,1H3,(H,26,29). The van der Waals surface area contributed by atoms with E-state index in [0.717, 1.165) is 21.6 Å². The molecular formula is C23H17Cl2N3O4S. The number of hydrogen-bond donors (Lipinski definition) is 1. The number of benzene rings is 2. The van der Waals surface area contributed by atoms with Gasteiger partial charge in [-0.05, 0) is 48.9 Å². The number of hydrogen-bond acceptors (Lipinski definition) is 6. The Bertz CT molecular complexity index is 1400. The summed E-state index contributed by atoms with van der Waals surface area (Å²) in [5.41, 5.74) is 0.686. The SMILES string of the molecule is CCOC(=O)c1nn(-c2ccc(Cl)cc2)c(=O)c2c(NC(=O)Cc3ccc(Cl)cc3)scc12. The van der Waals surface area contributed by atoms with Gasteiger partial charge in [0.15, 0.2) is 5.69 Å². The number of aromatic nitrogens is 2. The van der Waals surface area contributed by atoms with E-state index < -0.39 is 11.5 Å². The molecule has 4 rings (SSSR count). The zero-order valence-electron chi connectivity index (χ0n) is 17.3. The topological polar surface area (TPSA) is 90.3 Å². The first-order valence-corrected chi connectivity index (χ1v) is 11.5. The Labute approximate surface area is 202 Å². The smallest absolute Gasteiger partial charge is 0.359 e. The normalized spacial score (nSPS) is 10.9. The van der Waals surface area contributed by atoms with Crippen LogP contribution in [-0.4, -0.2) is 28.3 Å². The van der Waals surface area contributed by atoms with Crippen molar-refractivity contribution in [1.82, 2.24) is 9.78 Å². The zero-order chi connectivity index (χ0) is 23.5. The van der Waals surface area contributed by atoms with E-state index in [1.807, 2.05) is 0 Å². The van der Waals surface area contributed by atoms with Gasteiger partial charge in [-0.3, -0.25) is 9.59 Å². The molecule has 2 heterocycles. The van der Waals surface area contributed by atoms with Gasteiger partial charge in [0.25, 0.3) is 5.56 Å². The molecule has 2 aromatic heterocycles. The molecule has 0 unspecified atom stereocenters. The lowest BCUT2D eigenvalue weighted by Crippen LogP contribution is -2.25. The average molecular weight is 502 g/mol. The fourth-order valence-electron chi connectivity index (χ4n) is 3.21. The molecule has 168 valence electrons. The predicted octanol–water partition coefficient (Wildman–Crippen LogP) is 5.11. The van der Waals surface area contributed by atoms with Gasteiger partial charge in [-0.15, -0.1) is 11.3 Å². The van der Waals surface area contributed by atoms with E-state index in [0.29, 0.717) is 26.1 Å². The van der Waals surface area contributed by atoms with E-state index in [1.54, 1.807) is 60.8 Å². The second-order valence-electron chi connectivity index (χ2n) is 6.97. The van der Waals surface area contributed by atoms with Crippen LogP contribution in [0.25, 0.3) is 16.5 Å². The lowest BCUT2D eigenvalue weighted by Gasteiger charge is -2.10. The van der Waals surface area contributed by atoms with E-state index in [4.69, 9.17) is 27.9 Å². The number of ether oxygens (including phenoxy) is 1. The molecule has 4 aromatic rings. The molecule has 0 aliphatic carbocycles. The van der Waals surface area contributed by atoms with Crippen LogP contribution in [0.5, 0.6) is 0 Å². The molecule has 0 fully saturated rings. The number of carbonyl (C=O) groups is 2. The molecule has 10 heteroatoms. The second kappa shape index (κ2) is 9.74. The van der Waals surface area contributed by atoms with Gasteiger partial charge in [0.05, 0.1) is 24.1 Å². The Hall–Kier alpha value is -3.20. The van der Waals surface area contributed by atoms with Gasteiger partial charge >= 0.3 is 5.97 Å². The highest BCUT2D eigenvalue weighted by molar-refractivity contribution is 7.16. The quantitative estimate of drug-likeness (QED) is 0.370. The molecule has 0 saturated carbocycles. The summed E-state index contributed by atoms with van der Waals surface area (Å²) in [4.78, 5) is 38.6. The number of halogens is 2. The molecule has 0 radical (unpaired) electrons. The van der Waals surface area contributed by atoms with Crippen molar-refractivity contribution in [3.8, 4) is 5.69 Å². The van der Waals surface area contributed by atoms with Gasteiger partial charge in [-0.1, -0.05) is 35.3 Å². The Morgan fingerprint density at radius 1 is 1.06 bits per heavy atom. The maximum Gasteiger partial charge on any atom is 0.359 e. The molecule has 7 nitrogen and oxygen atoms in total. The van der Waals surface area contributed by atoms with Gasteiger partial charge < -0.3 is 10.1 Å². The third-order valence-electron chi connectivity index (χ3n) is 4.72. The van der Waals surface area contributed by atoms with Crippen LogP contribution in [0.15, 0.2) is 58.7 Å². The van der Waals surface area contributed by atoms with Crippen molar-refractivity contribution in [3.05, 3.63) is 85.6 Å². The number of nitrogens with zero attached hydrogens (tertiary/aromatic N) is 2. The van der Waals surface area contributed by atoms with Crippen LogP contribution < -0.4 is 10.9 Å². The van der Waals surface area contributed by atoms with Crippen LogP contribution in [0.1, 0.15) is 23.0 Å². The minimum atomic E-state index is -0.665. The first-order valence-electron chi connectivity index (χ1n) is 9.89. The number of carbonyl (C=O) groups excluding carboxylic acids is 2. The molecule has 0 aliphatic rings. The third-order valence-corrected chi connectivity index (χ3v) is 6.12. The van der Waals surface area contributed by atoms with Crippen molar-refractivity contribution in [2.24, 2.45) is 0 Å². The predicted molar refractivity (Wildman–Crippen MR) is 130 cm³/mol. The summed E-state index contributed by atoms with van der Waals surface area (Å²) in [6.07, 6.45) is 0.0950. The summed E-state index contributed by atoms with van der Waals surface area (Å²) in [6.45, 7) is 1.83. The minimum absolute atomic E-state index is 0.0177. The highest BCUT2D eigenvalue weighted by Gasteiger charge is 2.23. The van der Waals surface area contributed by atoms with Crippen molar-refractivity contribution in [2.75, 3.05) is 11.9 Å². The summed E-state index contributed by atoms with van der Waals surface area (Å²) in [5.74, 6) is -0.977. The van der Waals surface area contributed by atoms with Crippen molar-refractivity contribution in [3.63, 3.8) is 0 Å². The number of amides is 1. The minimum Gasteiger partial charge on any atom is -0.461 e. The zero-order valence-corrected chi connectivity index (χ0v) is 19.6. The number of anilines is 1. The third kappa shape index (κ3) is 4.93. The molecule has 0 aliphatic heterocycles. The van der Waals surface area contributed by atoms with E-state index >= 15 is 0 Å². The average Bonchev–Trinajstić information content (AvgIpc) is 3.20. The van der Waals surface area contributed by atoms with Crippen LogP contribution in [0.4, 0.5) is 5.00 Å². The molecule has 2 aromatic carbocycles. The molecule has 0 bridgehead atoms. The summed E-state index contributed by atoms with van der Waals surface area (Å²) in [6, 6.07) is 13.4. The van der Waals surface area contributed by atoms with Crippen LogP contribution >= 0.6 is 34.5 Å². The van der Waals surface area contributed by atoms with E-state index in [9.17, 15) is 14.4 Å². The Morgan fingerprint density at radius 2 is 1.70 bits per heavy atom. The highest BCUT2D eigenvalue weighted by atomic mass is 35.5. The molecule has 0 atom stereocenters. The largest absolute Gasteiger partial charge is 0.461 e. The Morgan fingerprint density at radius 3 is 2.33 bits per heavy atom. The number of rotatable bonds is 6. The highest BCUT2D eigenvalue weighted by Crippen LogP contribution is 2.31. The number of thiophene rings is 1. The van der Waals surface area contributed by atoms with Crippen molar-refractivity contribution < 1.29 is 14.3 Å². The Kier molecular flexibility index (Phi) is 6.78. The van der Waals surface area contributed by atoms with E-state index in [2.05, 4.69) is 10.4 Å². The molecule has 1 N–H and O–H groups in total. The number of nitrogens with one attached hydrogen (secondary N) is 1. The van der Waals surface area contributed by atoms with Crippen LogP contribution in [0, 0.1) is 0 Å². The van der Waals surface area contributed by atoms with E-state index in [-0.39, 0.29) is 30.0 Å². The van der Waals surface area contributed by atoms with Gasteiger partial charge in [-0.2, -0.15) is 9.78 Å². The van der Waals surface area contributed by atoms with Crippen LogP contribution in [0.3, 0.4) is 0 Å². The first-order chi connectivity index (χ1) is 15.9. The van der Waals surface area contributed by atoms with E-state index in [1.165, 1.54) is 0 Å². The van der Waals surface area contributed by atoms with Gasteiger partial charge in [0, 0.05) is 20.8 Å². The summed E-state index contributed by atoms with van der Waals surface area (Å²) in [5, 5.41) is 10.5. The maximum atomic E-state index is 13.4. The monoisotopic (exact) mass is 501 g/mol. The number of fused-ring (bicyclic) bond motifs is 1. The fraction of sp³-hybridized carbons (Fsp3) is 0.130.